The van der Waals surface area contributed by atoms with E-state index in [-0.39, 0.29) is 35.5 Å². The number of ether oxygens (including phenoxy) is 1. The minimum atomic E-state index is -3.11. The maximum absolute atomic E-state index is 12.2. The molecule has 0 unspecified atom stereocenters. The lowest BCUT2D eigenvalue weighted by molar-refractivity contribution is 0.357. The van der Waals surface area contributed by atoms with Gasteiger partial charge in [0.15, 0.2) is 15.8 Å². The van der Waals surface area contributed by atoms with E-state index in [1.165, 1.54) is 11.1 Å². The van der Waals surface area contributed by atoms with Crippen LogP contribution < -0.4 is 15.4 Å². The Bertz CT molecular complexity index is 934. The second-order valence-corrected chi connectivity index (χ2v) is 9.33. The van der Waals surface area contributed by atoms with Crippen molar-refractivity contribution < 1.29 is 13.2 Å². The second-order valence-electron chi connectivity index (χ2n) is 7.15. The first-order chi connectivity index (χ1) is 14.1. The van der Waals surface area contributed by atoms with E-state index in [0.29, 0.717) is 18.9 Å². The van der Waals surface area contributed by atoms with Crippen LogP contribution in [0, 0.1) is 0 Å². The summed E-state index contributed by atoms with van der Waals surface area (Å²) >= 11 is 0. The van der Waals surface area contributed by atoms with Crippen LogP contribution in [-0.4, -0.2) is 46.9 Å². The molecule has 6 nitrogen and oxygen atoms in total. The highest BCUT2D eigenvalue weighted by molar-refractivity contribution is 14.0. The minimum Gasteiger partial charge on any atom is -0.493 e. The summed E-state index contributed by atoms with van der Waals surface area (Å²) in [6.45, 7) is 2.09. The van der Waals surface area contributed by atoms with Gasteiger partial charge in [0.05, 0.1) is 18.1 Å². The number of rotatable bonds is 9. The zero-order chi connectivity index (χ0) is 20.5. The van der Waals surface area contributed by atoms with E-state index in [1.807, 2.05) is 36.4 Å². The molecule has 0 saturated heterocycles. The van der Waals surface area contributed by atoms with Crippen molar-refractivity contribution in [1.82, 2.24) is 10.6 Å². The van der Waals surface area contributed by atoms with Crippen molar-refractivity contribution in [3.8, 4) is 5.75 Å². The van der Waals surface area contributed by atoms with Crippen molar-refractivity contribution in [2.75, 3.05) is 32.5 Å². The zero-order valence-electron chi connectivity index (χ0n) is 17.3. The molecule has 0 saturated carbocycles. The van der Waals surface area contributed by atoms with E-state index in [4.69, 9.17) is 4.74 Å². The second kappa shape index (κ2) is 12.1. The summed E-state index contributed by atoms with van der Waals surface area (Å²) in [7, 11) is -1.39. The van der Waals surface area contributed by atoms with Crippen LogP contribution in [0.2, 0.25) is 0 Å². The van der Waals surface area contributed by atoms with E-state index in [0.717, 1.165) is 37.3 Å². The van der Waals surface area contributed by atoms with E-state index in [2.05, 4.69) is 27.8 Å². The normalized spacial score (nSPS) is 13.2. The zero-order valence-corrected chi connectivity index (χ0v) is 20.4. The lowest BCUT2D eigenvalue weighted by Gasteiger charge is -2.12. The lowest BCUT2D eigenvalue weighted by atomic mass is 10.1. The van der Waals surface area contributed by atoms with Crippen molar-refractivity contribution in [3.05, 3.63) is 65.2 Å². The standard InChI is InChI=1S/C22H29N3O3S.HI/c1-23-22(25-13-10-18-8-9-21-20(16-18)11-14-28-21)24-12-5-15-29(26,27)17-19-6-3-2-4-7-19;/h2-4,6-9,16H,5,10-15,17H2,1H3,(H2,23,24,25);1H. The summed E-state index contributed by atoms with van der Waals surface area (Å²) in [5.41, 5.74) is 3.38. The van der Waals surface area contributed by atoms with Crippen molar-refractivity contribution >= 4 is 39.8 Å². The van der Waals surface area contributed by atoms with Crippen LogP contribution in [0.25, 0.3) is 0 Å². The third-order valence-electron chi connectivity index (χ3n) is 4.84. The molecule has 2 aromatic rings. The quantitative estimate of drug-likeness (QED) is 0.220. The van der Waals surface area contributed by atoms with Gasteiger partial charge in [-0.25, -0.2) is 8.42 Å². The molecule has 0 amide bonds. The van der Waals surface area contributed by atoms with Crippen molar-refractivity contribution in [2.24, 2.45) is 4.99 Å². The van der Waals surface area contributed by atoms with Crippen molar-refractivity contribution in [1.29, 1.82) is 0 Å². The highest BCUT2D eigenvalue weighted by atomic mass is 127. The van der Waals surface area contributed by atoms with Gasteiger partial charge in [-0.1, -0.05) is 42.5 Å². The first kappa shape index (κ1) is 24.5. The number of nitrogens with zero attached hydrogens (tertiary/aromatic N) is 1. The number of benzene rings is 2. The molecule has 1 aliphatic rings. The van der Waals surface area contributed by atoms with Gasteiger partial charge in [0.1, 0.15) is 5.75 Å². The minimum absolute atomic E-state index is 0. The lowest BCUT2D eigenvalue weighted by Crippen LogP contribution is -2.39. The van der Waals surface area contributed by atoms with Crippen LogP contribution in [0.5, 0.6) is 5.75 Å². The molecule has 164 valence electrons. The van der Waals surface area contributed by atoms with Gasteiger partial charge in [-0.3, -0.25) is 4.99 Å². The number of aliphatic imine (C=N–C) groups is 1. The Hall–Kier alpha value is -1.81. The summed E-state index contributed by atoms with van der Waals surface area (Å²) in [5.74, 6) is 1.94. The fourth-order valence-corrected chi connectivity index (χ4v) is 4.77. The molecule has 2 N–H and O–H groups in total. The number of hydrogen-bond donors (Lipinski definition) is 2. The Balaban J connectivity index is 0.00000320. The molecule has 0 aromatic heterocycles. The fraction of sp³-hybridized carbons (Fsp3) is 0.409. The molecule has 0 atom stereocenters. The SMILES string of the molecule is CN=C(NCCCS(=O)(=O)Cc1ccccc1)NCCc1ccc2c(c1)CCO2.I. The highest BCUT2D eigenvalue weighted by Crippen LogP contribution is 2.25. The predicted octanol–water partition coefficient (Wildman–Crippen LogP) is 2.95. The van der Waals surface area contributed by atoms with E-state index in [1.54, 1.807) is 7.05 Å². The van der Waals surface area contributed by atoms with E-state index >= 15 is 0 Å². The van der Waals surface area contributed by atoms with Crippen LogP contribution in [0.15, 0.2) is 53.5 Å². The molecule has 3 rings (SSSR count). The molecule has 0 radical (unpaired) electrons. The van der Waals surface area contributed by atoms with Crippen LogP contribution in [0.3, 0.4) is 0 Å². The van der Waals surface area contributed by atoms with Gasteiger partial charge in [-0.2, -0.15) is 0 Å². The molecule has 0 spiro atoms. The third kappa shape index (κ3) is 7.79. The summed E-state index contributed by atoms with van der Waals surface area (Å²) in [5, 5.41) is 6.47. The molecule has 2 aromatic carbocycles. The first-order valence-corrected chi connectivity index (χ1v) is 11.8. The Labute approximate surface area is 196 Å². The summed E-state index contributed by atoms with van der Waals surface area (Å²) < 4.78 is 30.0. The maximum Gasteiger partial charge on any atom is 0.190 e. The molecular formula is C22H30IN3O3S. The Morgan fingerprint density at radius 2 is 1.83 bits per heavy atom. The largest absolute Gasteiger partial charge is 0.493 e. The van der Waals surface area contributed by atoms with Gasteiger partial charge in [0.25, 0.3) is 0 Å². The first-order valence-electron chi connectivity index (χ1n) is 9.99. The molecule has 0 fully saturated rings. The fourth-order valence-electron chi connectivity index (χ4n) is 3.34. The monoisotopic (exact) mass is 543 g/mol. The topological polar surface area (TPSA) is 79.8 Å². The predicted molar refractivity (Wildman–Crippen MR) is 133 cm³/mol. The Kier molecular flexibility index (Phi) is 9.90. The number of nitrogens with one attached hydrogen (secondary N) is 2. The number of hydrogen-bond acceptors (Lipinski definition) is 4. The van der Waals surface area contributed by atoms with Crippen LogP contribution >= 0.6 is 24.0 Å². The molecule has 1 aliphatic heterocycles. The molecule has 30 heavy (non-hydrogen) atoms. The van der Waals surface area contributed by atoms with Crippen LogP contribution in [-0.2, 0) is 28.4 Å². The maximum atomic E-state index is 12.2. The summed E-state index contributed by atoms with van der Waals surface area (Å²) in [6, 6.07) is 15.6. The smallest absolute Gasteiger partial charge is 0.190 e. The third-order valence-corrected chi connectivity index (χ3v) is 6.52. The average molecular weight is 543 g/mol. The van der Waals surface area contributed by atoms with E-state index in [9.17, 15) is 8.42 Å². The highest BCUT2D eigenvalue weighted by Gasteiger charge is 2.13. The van der Waals surface area contributed by atoms with Gasteiger partial charge < -0.3 is 15.4 Å². The van der Waals surface area contributed by atoms with Crippen molar-refractivity contribution in [2.45, 2.75) is 25.0 Å². The Morgan fingerprint density at radius 3 is 2.60 bits per heavy atom. The van der Waals surface area contributed by atoms with Crippen LogP contribution in [0.1, 0.15) is 23.1 Å². The number of fused-ring (bicyclic) bond motifs is 1. The van der Waals surface area contributed by atoms with Gasteiger partial charge in [-0.15, -0.1) is 24.0 Å². The van der Waals surface area contributed by atoms with Gasteiger partial charge >= 0.3 is 0 Å². The molecular weight excluding hydrogens is 513 g/mol. The summed E-state index contributed by atoms with van der Waals surface area (Å²) in [4.78, 5) is 4.20. The Morgan fingerprint density at radius 1 is 1.07 bits per heavy atom. The molecule has 1 heterocycles. The van der Waals surface area contributed by atoms with Gasteiger partial charge in [-0.05, 0) is 35.6 Å². The number of guanidine groups is 1. The molecule has 8 heteroatoms. The average Bonchev–Trinajstić information content (AvgIpc) is 3.18. The number of sulfone groups is 1. The van der Waals surface area contributed by atoms with Crippen LogP contribution in [0.4, 0.5) is 0 Å². The van der Waals surface area contributed by atoms with E-state index < -0.39 is 9.84 Å². The molecule has 0 aliphatic carbocycles. The molecule has 0 bridgehead atoms. The van der Waals surface area contributed by atoms with Gasteiger partial charge in [0, 0.05) is 26.6 Å². The summed E-state index contributed by atoms with van der Waals surface area (Å²) in [6.07, 6.45) is 2.41. The van der Waals surface area contributed by atoms with Crippen molar-refractivity contribution in [3.63, 3.8) is 0 Å². The number of halogens is 1. The van der Waals surface area contributed by atoms with Gasteiger partial charge in [0.2, 0.25) is 0 Å².